The maximum atomic E-state index is 15.2. The van der Waals surface area contributed by atoms with Gasteiger partial charge in [0.05, 0.1) is 22.1 Å². The summed E-state index contributed by atoms with van der Waals surface area (Å²) in [7, 11) is 0. The van der Waals surface area contributed by atoms with Gasteiger partial charge < -0.3 is 16.2 Å². The van der Waals surface area contributed by atoms with Crippen molar-refractivity contribution in [3.8, 4) is 0 Å². The molecule has 1 saturated carbocycles. The van der Waals surface area contributed by atoms with Crippen molar-refractivity contribution < 1.29 is 23.1 Å². The molecule has 4 rings (SSSR count). The van der Waals surface area contributed by atoms with Gasteiger partial charge in [0.1, 0.15) is 16.3 Å². The van der Waals surface area contributed by atoms with Gasteiger partial charge in [0, 0.05) is 17.4 Å². The Balaban J connectivity index is 1.74. The number of carbonyl (C=O) groups is 1. The molecule has 1 aliphatic heterocycles. The summed E-state index contributed by atoms with van der Waals surface area (Å²) in [6.07, 6.45) is 1.30. The van der Waals surface area contributed by atoms with E-state index in [-0.39, 0.29) is 22.1 Å². The molecule has 1 aliphatic carbocycles. The lowest BCUT2D eigenvalue weighted by Gasteiger charge is -2.37. The first kappa shape index (κ1) is 22.9. The summed E-state index contributed by atoms with van der Waals surface area (Å²) in [5.41, 5.74) is 2.34. The third-order valence-corrected chi connectivity index (χ3v) is 7.84. The summed E-state index contributed by atoms with van der Waals surface area (Å²) >= 11 is 6.38. The van der Waals surface area contributed by atoms with Gasteiger partial charge in [-0.25, -0.2) is 18.2 Å². The quantitative estimate of drug-likeness (QED) is 0.604. The van der Waals surface area contributed by atoms with Crippen LogP contribution in [-0.4, -0.2) is 37.4 Å². The summed E-state index contributed by atoms with van der Waals surface area (Å²) < 4.78 is 43.3. The van der Waals surface area contributed by atoms with E-state index in [0.29, 0.717) is 16.8 Å². The van der Waals surface area contributed by atoms with Gasteiger partial charge >= 0.3 is 0 Å². The van der Waals surface area contributed by atoms with Crippen LogP contribution in [0.4, 0.5) is 18.9 Å². The Bertz CT molecular complexity index is 1140. The van der Waals surface area contributed by atoms with Gasteiger partial charge in [-0.1, -0.05) is 23.4 Å². The summed E-state index contributed by atoms with van der Waals surface area (Å²) in [5, 5.41) is 13.3. The molecule has 3 atom stereocenters. The SMILES string of the molecule is CC(C)(O)[C@@]12SC(N)=N[C@@](C)(c3cc(NC(=O)c4ccc(Cl)cn4)ccc3F)[C@@H]1C2(F)F. The molecule has 170 valence electrons. The van der Waals surface area contributed by atoms with E-state index < -0.39 is 39.5 Å². The third-order valence-electron chi connectivity index (χ3n) is 5.99. The summed E-state index contributed by atoms with van der Waals surface area (Å²) in [5.74, 6) is -6.26. The van der Waals surface area contributed by atoms with E-state index >= 15 is 8.78 Å². The number of hydrogen-bond donors (Lipinski definition) is 3. The zero-order valence-electron chi connectivity index (χ0n) is 17.3. The number of thioether (sulfide) groups is 1. The summed E-state index contributed by atoms with van der Waals surface area (Å²) in [6, 6.07) is 6.51. The summed E-state index contributed by atoms with van der Waals surface area (Å²) in [6.45, 7) is 3.91. The smallest absolute Gasteiger partial charge is 0.274 e. The molecule has 32 heavy (non-hydrogen) atoms. The predicted molar refractivity (Wildman–Crippen MR) is 118 cm³/mol. The van der Waals surface area contributed by atoms with Crippen molar-refractivity contribution in [2.24, 2.45) is 16.6 Å². The standard InChI is InChI=1S/C21H20ClF3N4O2S/c1-18(2,31)20-16(21(20,24)25)19(3,29-17(26)32-20)12-8-11(5-6-13(12)23)28-15(30)14-7-4-10(22)9-27-14/h4-9,16,31H,1-3H3,(H2,26,29)(H,28,30)/t16-,19-,20-/m0/s1. The molecule has 1 aromatic carbocycles. The van der Waals surface area contributed by atoms with Crippen molar-refractivity contribution >= 4 is 40.1 Å². The van der Waals surface area contributed by atoms with E-state index in [1.807, 2.05) is 0 Å². The van der Waals surface area contributed by atoms with Crippen LogP contribution >= 0.6 is 23.4 Å². The van der Waals surface area contributed by atoms with Crippen LogP contribution in [-0.2, 0) is 5.54 Å². The number of nitrogens with two attached hydrogens (primary N) is 1. The minimum absolute atomic E-state index is 0.0672. The molecule has 0 unspecified atom stereocenters. The number of aliphatic imine (C=N–C) groups is 1. The second-order valence-corrected chi connectivity index (χ2v) is 10.3. The molecule has 6 nitrogen and oxygen atoms in total. The lowest BCUT2D eigenvalue weighted by atomic mass is 9.83. The maximum Gasteiger partial charge on any atom is 0.274 e. The molecular formula is C21H20ClF3N4O2S. The fraction of sp³-hybridized carbons (Fsp3) is 0.381. The number of fused-ring (bicyclic) bond motifs is 1. The number of benzene rings is 1. The van der Waals surface area contributed by atoms with Gasteiger partial charge in [-0.05, 0) is 51.1 Å². The highest BCUT2D eigenvalue weighted by Gasteiger charge is 2.91. The number of anilines is 1. The second-order valence-electron chi connectivity index (χ2n) is 8.56. The number of halogens is 4. The molecule has 2 aliphatic rings. The number of aliphatic hydroxyl groups is 1. The Morgan fingerprint density at radius 1 is 1.31 bits per heavy atom. The van der Waals surface area contributed by atoms with Crippen LogP contribution in [0.5, 0.6) is 0 Å². The summed E-state index contributed by atoms with van der Waals surface area (Å²) in [4.78, 5) is 20.6. The zero-order valence-corrected chi connectivity index (χ0v) is 18.9. The molecular weight excluding hydrogens is 465 g/mol. The molecule has 1 fully saturated rings. The molecule has 0 bridgehead atoms. The van der Waals surface area contributed by atoms with E-state index in [9.17, 15) is 14.3 Å². The van der Waals surface area contributed by atoms with Gasteiger partial charge in [-0.15, -0.1) is 0 Å². The first-order chi connectivity index (χ1) is 14.7. The number of pyridine rings is 1. The Morgan fingerprint density at radius 2 is 2.00 bits per heavy atom. The minimum atomic E-state index is -3.37. The number of alkyl halides is 2. The molecule has 2 aromatic rings. The topological polar surface area (TPSA) is 101 Å². The Morgan fingerprint density at radius 3 is 2.59 bits per heavy atom. The monoisotopic (exact) mass is 484 g/mol. The van der Waals surface area contributed by atoms with E-state index in [4.69, 9.17) is 17.3 Å². The predicted octanol–water partition coefficient (Wildman–Crippen LogP) is 4.18. The molecule has 0 radical (unpaired) electrons. The number of amidine groups is 1. The van der Waals surface area contributed by atoms with Crippen LogP contribution in [0.1, 0.15) is 36.8 Å². The van der Waals surface area contributed by atoms with E-state index in [2.05, 4.69) is 15.3 Å². The number of amides is 1. The van der Waals surface area contributed by atoms with Crippen molar-refractivity contribution in [2.75, 3.05) is 5.32 Å². The normalized spacial score (nSPS) is 28.5. The van der Waals surface area contributed by atoms with Gasteiger partial charge in [-0.2, -0.15) is 0 Å². The molecule has 0 spiro atoms. The molecule has 0 saturated heterocycles. The average Bonchev–Trinajstić information content (AvgIpc) is 3.21. The van der Waals surface area contributed by atoms with E-state index in [1.54, 1.807) is 0 Å². The minimum Gasteiger partial charge on any atom is -0.389 e. The third kappa shape index (κ3) is 3.19. The Kier molecular flexibility index (Phi) is 5.07. The van der Waals surface area contributed by atoms with Crippen LogP contribution in [0.2, 0.25) is 5.02 Å². The highest BCUT2D eigenvalue weighted by molar-refractivity contribution is 8.15. The Labute approximate surface area is 191 Å². The van der Waals surface area contributed by atoms with E-state index in [0.717, 1.165) is 6.07 Å². The van der Waals surface area contributed by atoms with Crippen LogP contribution in [0.25, 0.3) is 0 Å². The number of rotatable bonds is 4. The van der Waals surface area contributed by atoms with Crippen LogP contribution in [0.15, 0.2) is 41.5 Å². The number of hydrogen-bond acceptors (Lipinski definition) is 6. The highest BCUT2D eigenvalue weighted by atomic mass is 35.5. The van der Waals surface area contributed by atoms with Gasteiger partial charge in [-0.3, -0.25) is 9.79 Å². The maximum absolute atomic E-state index is 15.2. The Hall–Kier alpha value is -2.30. The molecule has 1 amide bonds. The second kappa shape index (κ2) is 7.10. The number of aromatic nitrogens is 1. The van der Waals surface area contributed by atoms with Crippen molar-refractivity contribution in [1.29, 1.82) is 0 Å². The number of carbonyl (C=O) groups excluding carboxylic acids is 1. The fourth-order valence-corrected chi connectivity index (χ4v) is 6.15. The lowest BCUT2D eigenvalue weighted by molar-refractivity contribution is 0.0124. The number of nitrogens with zero attached hydrogens (tertiary/aromatic N) is 2. The molecule has 1 aromatic heterocycles. The number of nitrogens with one attached hydrogen (secondary N) is 1. The van der Waals surface area contributed by atoms with Gasteiger partial charge in [0.2, 0.25) is 0 Å². The first-order valence-electron chi connectivity index (χ1n) is 9.61. The molecule has 11 heteroatoms. The molecule has 4 N–H and O–H groups in total. The van der Waals surface area contributed by atoms with E-state index in [1.165, 1.54) is 51.2 Å². The van der Waals surface area contributed by atoms with Gasteiger partial charge in [0.25, 0.3) is 11.8 Å². The van der Waals surface area contributed by atoms with Crippen LogP contribution in [0, 0.1) is 11.7 Å². The van der Waals surface area contributed by atoms with Crippen LogP contribution < -0.4 is 11.1 Å². The average molecular weight is 485 g/mol. The highest BCUT2D eigenvalue weighted by Crippen LogP contribution is 2.77. The lowest BCUT2D eigenvalue weighted by Crippen LogP contribution is -2.47. The zero-order chi connectivity index (χ0) is 23.7. The molecule has 2 heterocycles. The van der Waals surface area contributed by atoms with Crippen molar-refractivity contribution in [1.82, 2.24) is 4.98 Å². The fourth-order valence-electron chi connectivity index (χ4n) is 4.54. The largest absolute Gasteiger partial charge is 0.389 e. The first-order valence-corrected chi connectivity index (χ1v) is 10.8. The van der Waals surface area contributed by atoms with Crippen molar-refractivity contribution in [3.05, 3.63) is 58.6 Å². The van der Waals surface area contributed by atoms with Crippen LogP contribution in [0.3, 0.4) is 0 Å². The van der Waals surface area contributed by atoms with Gasteiger partial charge in [0.15, 0.2) is 5.17 Å². The van der Waals surface area contributed by atoms with Crippen molar-refractivity contribution in [2.45, 2.75) is 42.6 Å². The van der Waals surface area contributed by atoms with Crippen molar-refractivity contribution in [3.63, 3.8) is 0 Å².